The third-order valence-corrected chi connectivity index (χ3v) is 4.31. The summed E-state index contributed by atoms with van der Waals surface area (Å²) in [6.45, 7) is 2.88. The van der Waals surface area contributed by atoms with Gasteiger partial charge < -0.3 is 15.1 Å². The number of nitrogens with one attached hydrogen (secondary N) is 1. The number of anilines is 4. The van der Waals surface area contributed by atoms with Crippen molar-refractivity contribution in [2.45, 2.75) is 6.92 Å². The molecule has 0 spiro atoms. The normalized spacial score (nSPS) is 10.3. The lowest BCUT2D eigenvalue weighted by molar-refractivity contribution is 0.102. The summed E-state index contributed by atoms with van der Waals surface area (Å²) in [6.07, 6.45) is 1.67. The molecule has 0 radical (unpaired) electrons. The van der Waals surface area contributed by atoms with Crippen LogP contribution >= 0.6 is 0 Å². The second kappa shape index (κ2) is 8.36. The van der Waals surface area contributed by atoms with Gasteiger partial charge in [-0.25, -0.2) is 0 Å². The van der Waals surface area contributed by atoms with E-state index < -0.39 is 0 Å². The van der Waals surface area contributed by atoms with Gasteiger partial charge in [0.05, 0.1) is 0 Å². The predicted octanol–water partition coefficient (Wildman–Crippen LogP) is 4.56. The molecule has 1 heterocycles. The average Bonchev–Trinajstić information content (AvgIpc) is 2.70. The van der Waals surface area contributed by atoms with Gasteiger partial charge >= 0.3 is 0 Å². The lowest BCUT2D eigenvalue weighted by atomic mass is 10.2. The Morgan fingerprint density at radius 1 is 0.926 bits per heavy atom. The summed E-state index contributed by atoms with van der Waals surface area (Å²) in [7, 11) is 3.96. The molecule has 138 valence electrons. The number of amides is 1. The number of carbonyl (C=O) groups excluding carboxylic acids is 1. The molecule has 3 rings (SSSR count). The first-order valence-corrected chi connectivity index (χ1v) is 8.96. The van der Waals surface area contributed by atoms with E-state index in [0.717, 1.165) is 29.3 Å². The molecule has 2 aromatic carbocycles. The van der Waals surface area contributed by atoms with E-state index in [-0.39, 0.29) is 5.91 Å². The van der Waals surface area contributed by atoms with Crippen molar-refractivity contribution in [3.8, 4) is 0 Å². The Morgan fingerprint density at radius 3 is 2.26 bits per heavy atom. The number of pyridine rings is 1. The van der Waals surface area contributed by atoms with E-state index in [2.05, 4.69) is 34.3 Å². The molecule has 3 aromatic rings. The molecule has 0 aliphatic rings. The fourth-order valence-electron chi connectivity index (χ4n) is 2.87. The zero-order chi connectivity index (χ0) is 19.2. The van der Waals surface area contributed by atoms with Crippen LogP contribution in [0.15, 0.2) is 72.9 Å². The van der Waals surface area contributed by atoms with E-state index in [0.29, 0.717) is 5.69 Å². The lowest BCUT2D eigenvalue weighted by Gasteiger charge is -2.23. The van der Waals surface area contributed by atoms with Crippen molar-refractivity contribution in [3.05, 3.63) is 78.6 Å². The third-order valence-electron chi connectivity index (χ3n) is 4.31. The predicted molar refractivity (Wildman–Crippen MR) is 112 cm³/mol. The van der Waals surface area contributed by atoms with E-state index in [4.69, 9.17) is 0 Å². The standard InChI is InChI=1S/C22H24N4O/c1-4-26(19-8-6-5-7-9-19)20-14-15-23-21(16-20)22(27)24-17-10-12-18(13-11-17)25(2)3/h5-16H,4H2,1-3H3,(H,24,27). The largest absolute Gasteiger partial charge is 0.378 e. The number of para-hydroxylation sites is 1. The van der Waals surface area contributed by atoms with Crippen LogP contribution in [0.25, 0.3) is 0 Å². The molecule has 0 aliphatic heterocycles. The highest BCUT2D eigenvalue weighted by atomic mass is 16.1. The average molecular weight is 360 g/mol. The van der Waals surface area contributed by atoms with Crippen molar-refractivity contribution in [2.24, 2.45) is 0 Å². The Kier molecular flexibility index (Phi) is 5.71. The molecule has 0 saturated carbocycles. The van der Waals surface area contributed by atoms with Crippen molar-refractivity contribution >= 4 is 28.7 Å². The van der Waals surface area contributed by atoms with Crippen LogP contribution < -0.4 is 15.1 Å². The van der Waals surface area contributed by atoms with Crippen molar-refractivity contribution in [2.75, 3.05) is 35.8 Å². The molecule has 0 unspecified atom stereocenters. The quantitative estimate of drug-likeness (QED) is 0.700. The smallest absolute Gasteiger partial charge is 0.274 e. The molecular weight excluding hydrogens is 336 g/mol. The Labute approximate surface area is 160 Å². The lowest BCUT2D eigenvalue weighted by Crippen LogP contribution is -2.18. The summed E-state index contributed by atoms with van der Waals surface area (Å²) in [6, 6.07) is 21.5. The van der Waals surface area contributed by atoms with Gasteiger partial charge in [0, 0.05) is 49.6 Å². The van der Waals surface area contributed by atoms with E-state index in [1.807, 2.05) is 73.6 Å². The van der Waals surface area contributed by atoms with Crippen LogP contribution in [0.5, 0.6) is 0 Å². The second-order valence-corrected chi connectivity index (χ2v) is 6.37. The molecule has 0 aliphatic carbocycles. The number of aromatic nitrogens is 1. The van der Waals surface area contributed by atoms with Crippen molar-refractivity contribution < 1.29 is 4.79 Å². The molecule has 0 atom stereocenters. The zero-order valence-electron chi connectivity index (χ0n) is 15.9. The van der Waals surface area contributed by atoms with Crippen LogP contribution in [-0.4, -0.2) is 31.5 Å². The summed E-state index contributed by atoms with van der Waals surface area (Å²) >= 11 is 0. The van der Waals surface area contributed by atoms with Crippen molar-refractivity contribution in [1.29, 1.82) is 0 Å². The van der Waals surface area contributed by atoms with Gasteiger partial charge in [0.2, 0.25) is 0 Å². The maximum Gasteiger partial charge on any atom is 0.274 e. The number of carbonyl (C=O) groups is 1. The minimum absolute atomic E-state index is 0.224. The van der Waals surface area contributed by atoms with E-state index in [9.17, 15) is 4.79 Å². The highest BCUT2D eigenvalue weighted by Crippen LogP contribution is 2.25. The SMILES string of the molecule is CCN(c1ccccc1)c1ccnc(C(=O)Nc2ccc(N(C)C)cc2)c1. The highest BCUT2D eigenvalue weighted by molar-refractivity contribution is 6.03. The van der Waals surface area contributed by atoms with Crippen LogP contribution in [-0.2, 0) is 0 Å². The number of benzene rings is 2. The molecule has 0 bridgehead atoms. The molecule has 0 fully saturated rings. The number of hydrogen-bond donors (Lipinski definition) is 1. The molecule has 1 N–H and O–H groups in total. The number of hydrogen-bond acceptors (Lipinski definition) is 4. The zero-order valence-corrected chi connectivity index (χ0v) is 15.9. The molecule has 0 saturated heterocycles. The molecule has 1 amide bonds. The summed E-state index contributed by atoms with van der Waals surface area (Å²) in [4.78, 5) is 21.0. The Balaban J connectivity index is 1.79. The van der Waals surface area contributed by atoms with E-state index in [1.165, 1.54) is 0 Å². The van der Waals surface area contributed by atoms with Crippen LogP contribution in [0.1, 0.15) is 17.4 Å². The van der Waals surface area contributed by atoms with Crippen LogP contribution in [0.4, 0.5) is 22.7 Å². The van der Waals surface area contributed by atoms with Crippen molar-refractivity contribution in [3.63, 3.8) is 0 Å². The minimum atomic E-state index is -0.224. The maximum atomic E-state index is 12.6. The fraction of sp³-hybridized carbons (Fsp3) is 0.182. The first kappa shape index (κ1) is 18.5. The maximum absolute atomic E-state index is 12.6. The number of nitrogens with zero attached hydrogens (tertiary/aromatic N) is 3. The Hall–Kier alpha value is -3.34. The molecular formula is C22H24N4O. The summed E-state index contributed by atoms with van der Waals surface area (Å²) in [5, 5.41) is 2.91. The Bertz CT molecular complexity index is 892. The van der Waals surface area contributed by atoms with Crippen LogP contribution in [0, 0.1) is 0 Å². The Morgan fingerprint density at radius 2 is 1.63 bits per heavy atom. The summed E-state index contributed by atoms with van der Waals surface area (Å²) < 4.78 is 0. The van der Waals surface area contributed by atoms with Gasteiger partial charge in [-0.2, -0.15) is 0 Å². The number of rotatable bonds is 6. The first-order chi connectivity index (χ1) is 13.1. The second-order valence-electron chi connectivity index (χ2n) is 6.37. The van der Waals surface area contributed by atoms with Crippen molar-refractivity contribution in [1.82, 2.24) is 4.98 Å². The first-order valence-electron chi connectivity index (χ1n) is 8.96. The van der Waals surface area contributed by atoms with E-state index in [1.54, 1.807) is 6.20 Å². The van der Waals surface area contributed by atoms with Gasteiger partial charge in [-0.15, -0.1) is 0 Å². The highest BCUT2D eigenvalue weighted by Gasteiger charge is 2.12. The summed E-state index contributed by atoms with van der Waals surface area (Å²) in [5.41, 5.74) is 4.23. The molecule has 1 aromatic heterocycles. The van der Waals surface area contributed by atoms with Gasteiger partial charge in [0.15, 0.2) is 0 Å². The minimum Gasteiger partial charge on any atom is -0.378 e. The topological polar surface area (TPSA) is 48.5 Å². The van der Waals surface area contributed by atoms with E-state index >= 15 is 0 Å². The molecule has 5 nitrogen and oxygen atoms in total. The summed E-state index contributed by atoms with van der Waals surface area (Å²) in [5.74, 6) is -0.224. The van der Waals surface area contributed by atoms with Gasteiger partial charge in [0.1, 0.15) is 5.69 Å². The van der Waals surface area contributed by atoms with Gasteiger partial charge in [0.25, 0.3) is 5.91 Å². The monoisotopic (exact) mass is 360 g/mol. The van der Waals surface area contributed by atoms with Crippen LogP contribution in [0.2, 0.25) is 0 Å². The molecule has 5 heteroatoms. The third kappa shape index (κ3) is 4.44. The fourth-order valence-corrected chi connectivity index (χ4v) is 2.87. The van der Waals surface area contributed by atoms with Crippen LogP contribution in [0.3, 0.4) is 0 Å². The molecule has 27 heavy (non-hydrogen) atoms. The van der Waals surface area contributed by atoms with Gasteiger partial charge in [-0.1, -0.05) is 18.2 Å². The van der Waals surface area contributed by atoms with Gasteiger partial charge in [-0.3, -0.25) is 9.78 Å². The van der Waals surface area contributed by atoms with Gasteiger partial charge in [-0.05, 0) is 55.5 Å².